The number of likely N-dealkylation sites (tertiary alicyclic amines) is 1. The van der Waals surface area contributed by atoms with Crippen LogP contribution in [-0.4, -0.2) is 40.6 Å². The lowest BCUT2D eigenvalue weighted by atomic mass is 10.0. The standard InChI is InChI=1S/C21H20F3N5O2/c22-15-6-5-12(9-14(15)19(23)24)16(10-29-7-2-8-29)28-20-13-3-1-4-17(31-21(25)30)18(13)26-11-27-20/h1,3-6,9,11,16,19H,2,7-8,10H2,(H2,25,30)(H,26,27,28)/t16-/m1/s1. The minimum atomic E-state index is -2.92. The van der Waals surface area contributed by atoms with Gasteiger partial charge in [0.25, 0.3) is 6.43 Å². The molecule has 0 unspecified atom stereocenters. The van der Waals surface area contributed by atoms with Gasteiger partial charge in [0.15, 0.2) is 5.75 Å². The van der Waals surface area contributed by atoms with E-state index in [4.69, 9.17) is 10.5 Å². The van der Waals surface area contributed by atoms with Crippen molar-refractivity contribution in [3.63, 3.8) is 0 Å². The topological polar surface area (TPSA) is 93.4 Å². The highest BCUT2D eigenvalue weighted by molar-refractivity contribution is 5.94. The van der Waals surface area contributed by atoms with Gasteiger partial charge in [-0.2, -0.15) is 0 Å². The Bertz CT molecular complexity index is 1110. The van der Waals surface area contributed by atoms with Crippen molar-refractivity contribution in [1.29, 1.82) is 0 Å². The summed E-state index contributed by atoms with van der Waals surface area (Å²) in [6, 6.07) is 8.24. The monoisotopic (exact) mass is 431 g/mol. The van der Waals surface area contributed by atoms with Gasteiger partial charge in [-0.3, -0.25) is 0 Å². The lowest BCUT2D eigenvalue weighted by Crippen LogP contribution is -2.41. The number of primary amides is 1. The Morgan fingerprint density at radius 1 is 1.23 bits per heavy atom. The van der Waals surface area contributed by atoms with Gasteiger partial charge in [-0.15, -0.1) is 0 Å². The van der Waals surface area contributed by atoms with E-state index in [1.54, 1.807) is 18.2 Å². The zero-order valence-electron chi connectivity index (χ0n) is 16.4. The van der Waals surface area contributed by atoms with E-state index in [2.05, 4.69) is 20.2 Å². The van der Waals surface area contributed by atoms with Crippen LogP contribution in [-0.2, 0) is 0 Å². The highest BCUT2D eigenvalue weighted by Gasteiger charge is 2.24. The molecule has 3 N–H and O–H groups in total. The molecular formula is C21H20F3N5O2. The number of amides is 1. The van der Waals surface area contributed by atoms with Crippen molar-refractivity contribution >= 4 is 22.8 Å². The summed E-state index contributed by atoms with van der Waals surface area (Å²) in [4.78, 5) is 21.8. The fourth-order valence-corrected chi connectivity index (χ4v) is 3.53. The summed E-state index contributed by atoms with van der Waals surface area (Å²) < 4.78 is 45.3. The molecule has 1 aromatic heterocycles. The summed E-state index contributed by atoms with van der Waals surface area (Å²) in [5.41, 5.74) is 5.36. The maximum absolute atomic E-state index is 13.8. The van der Waals surface area contributed by atoms with Crippen molar-refractivity contribution in [3.05, 3.63) is 59.7 Å². The van der Waals surface area contributed by atoms with Crippen LogP contribution < -0.4 is 15.8 Å². The molecule has 7 nitrogen and oxygen atoms in total. The minimum absolute atomic E-state index is 0.177. The van der Waals surface area contributed by atoms with E-state index in [1.165, 1.54) is 18.5 Å². The van der Waals surface area contributed by atoms with E-state index in [0.717, 1.165) is 25.6 Å². The molecule has 3 aromatic rings. The fraction of sp³-hybridized carbons (Fsp3) is 0.286. The third-order valence-corrected chi connectivity index (χ3v) is 5.20. The molecule has 162 valence electrons. The smallest absolute Gasteiger partial charge is 0.408 e. The van der Waals surface area contributed by atoms with E-state index in [-0.39, 0.29) is 5.75 Å². The molecule has 31 heavy (non-hydrogen) atoms. The number of nitrogens with two attached hydrogens (primary N) is 1. The fourth-order valence-electron chi connectivity index (χ4n) is 3.53. The number of ether oxygens (including phenoxy) is 1. The van der Waals surface area contributed by atoms with Crippen LogP contribution in [0.1, 0.15) is 30.0 Å². The van der Waals surface area contributed by atoms with Crippen LogP contribution in [0.25, 0.3) is 10.9 Å². The van der Waals surface area contributed by atoms with Crippen molar-refractivity contribution in [3.8, 4) is 5.75 Å². The lowest BCUT2D eigenvalue weighted by Gasteiger charge is -2.35. The molecule has 0 saturated carbocycles. The number of benzene rings is 2. The second-order valence-corrected chi connectivity index (χ2v) is 7.23. The number of hydrogen-bond donors (Lipinski definition) is 2. The van der Waals surface area contributed by atoms with Crippen molar-refractivity contribution in [2.45, 2.75) is 18.9 Å². The highest BCUT2D eigenvalue weighted by Crippen LogP contribution is 2.32. The third-order valence-electron chi connectivity index (χ3n) is 5.20. The minimum Gasteiger partial charge on any atom is -0.408 e. The second-order valence-electron chi connectivity index (χ2n) is 7.23. The largest absolute Gasteiger partial charge is 0.410 e. The van der Waals surface area contributed by atoms with E-state index < -0.39 is 29.9 Å². The first-order valence-corrected chi connectivity index (χ1v) is 9.70. The number of hydrogen-bond acceptors (Lipinski definition) is 6. The van der Waals surface area contributed by atoms with Gasteiger partial charge >= 0.3 is 6.09 Å². The Kier molecular flexibility index (Phi) is 5.90. The van der Waals surface area contributed by atoms with E-state index in [0.29, 0.717) is 28.8 Å². The third kappa shape index (κ3) is 4.53. The molecule has 1 amide bonds. The molecule has 1 aliphatic heterocycles. The van der Waals surface area contributed by atoms with Gasteiger partial charge in [-0.05, 0) is 49.3 Å². The first-order valence-electron chi connectivity index (χ1n) is 9.70. The summed E-state index contributed by atoms with van der Waals surface area (Å²) in [5.74, 6) is -0.341. The average Bonchev–Trinajstić information content (AvgIpc) is 2.70. The van der Waals surface area contributed by atoms with Crippen molar-refractivity contribution < 1.29 is 22.7 Å². The SMILES string of the molecule is NC(=O)Oc1cccc2c(N[C@H](CN3CCC3)c3ccc(F)c(C(F)F)c3)ncnc12. The molecule has 1 fully saturated rings. The molecule has 0 radical (unpaired) electrons. The van der Waals surface area contributed by atoms with Crippen LogP contribution in [0.3, 0.4) is 0 Å². The van der Waals surface area contributed by atoms with Crippen LogP contribution in [0.5, 0.6) is 5.75 Å². The first-order chi connectivity index (χ1) is 14.9. The van der Waals surface area contributed by atoms with Crippen molar-refractivity contribution in [1.82, 2.24) is 14.9 Å². The van der Waals surface area contributed by atoms with Gasteiger partial charge in [0.05, 0.1) is 11.6 Å². The van der Waals surface area contributed by atoms with Crippen molar-refractivity contribution in [2.75, 3.05) is 25.0 Å². The molecule has 2 heterocycles. The van der Waals surface area contributed by atoms with Crippen molar-refractivity contribution in [2.24, 2.45) is 5.73 Å². The van der Waals surface area contributed by atoms with Gasteiger partial charge in [-0.1, -0.05) is 12.1 Å². The molecular weight excluding hydrogens is 411 g/mol. The summed E-state index contributed by atoms with van der Waals surface area (Å²) in [6.07, 6.45) is -1.53. The zero-order valence-corrected chi connectivity index (χ0v) is 16.4. The quantitative estimate of drug-likeness (QED) is 0.587. The van der Waals surface area contributed by atoms with E-state index in [9.17, 15) is 18.0 Å². The summed E-state index contributed by atoms with van der Waals surface area (Å²) in [7, 11) is 0. The Labute approximate surface area is 176 Å². The summed E-state index contributed by atoms with van der Waals surface area (Å²) in [5, 5.41) is 3.83. The van der Waals surface area contributed by atoms with Crippen LogP contribution in [0.2, 0.25) is 0 Å². The van der Waals surface area contributed by atoms with Crippen LogP contribution in [0.4, 0.5) is 23.8 Å². The lowest BCUT2D eigenvalue weighted by molar-refractivity contribution is 0.146. The molecule has 10 heteroatoms. The van der Waals surface area contributed by atoms with Gasteiger partial charge in [0.2, 0.25) is 0 Å². The van der Waals surface area contributed by atoms with Crippen LogP contribution in [0.15, 0.2) is 42.7 Å². The number of anilines is 1. The van der Waals surface area contributed by atoms with Gasteiger partial charge < -0.3 is 20.7 Å². The van der Waals surface area contributed by atoms with Gasteiger partial charge in [0, 0.05) is 11.9 Å². The van der Waals surface area contributed by atoms with Crippen LogP contribution in [0, 0.1) is 5.82 Å². The number of aromatic nitrogens is 2. The predicted molar refractivity (Wildman–Crippen MR) is 109 cm³/mol. The molecule has 1 aliphatic rings. The number of fused-ring (bicyclic) bond motifs is 1. The summed E-state index contributed by atoms with van der Waals surface area (Å²) >= 11 is 0. The maximum atomic E-state index is 13.8. The highest BCUT2D eigenvalue weighted by atomic mass is 19.3. The normalized spacial score (nSPS) is 15.0. The molecule has 0 bridgehead atoms. The number of carbonyl (C=O) groups excluding carboxylic acids is 1. The molecule has 0 spiro atoms. The molecule has 0 aliphatic carbocycles. The molecule has 2 aromatic carbocycles. The molecule has 1 atom stereocenters. The zero-order chi connectivity index (χ0) is 22.0. The van der Waals surface area contributed by atoms with Crippen LogP contribution >= 0.6 is 0 Å². The Morgan fingerprint density at radius 3 is 2.71 bits per heavy atom. The number of para-hydroxylation sites is 1. The first kappa shape index (κ1) is 20.9. The number of halogens is 3. The average molecular weight is 431 g/mol. The molecule has 4 rings (SSSR count). The summed E-state index contributed by atoms with van der Waals surface area (Å²) in [6.45, 7) is 2.31. The number of carbonyl (C=O) groups is 1. The molecule has 1 saturated heterocycles. The number of nitrogens with zero attached hydrogens (tertiary/aromatic N) is 3. The van der Waals surface area contributed by atoms with Gasteiger partial charge in [-0.25, -0.2) is 27.9 Å². The Hall–Kier alpha value is -3.40. The van der Waals surface area contributed by atoms with E-state index in [1.807, 2.05) is 0 Å². The Balaban J connectivity index is 1.72. The maximum Gasteiger partial charge on any atom is 0.410 e. The second kappa shape index (κ2) is 8.76. The number of nitrogens with one attached hydrogen (secondary N) is 1. The predicted octanol–water partition coefficient (Wildman–Crippen LogP) is 4.02. The Morgan fingerprint density at radius 2 is 2.03 bits per heavy atom. The van der Waals surface area contributed by atoms with Gasteiger partial charge in [0.1, 0.15) is 23.5 Å². The number of alkyl halides is 2. The number of rotatable bonds is 7. The van der Waals surface area contributed by atoms with E-state index >= 15 is 0 Å².